The average molecular weight is 385 g/mol. The zero-order valence-corrected chi connectivity index (χ0v) is 16.9. The molecule has 2 aliphatic heterocycles. The molecule has 0 radical (unpaired) electrons. The maximum atomic E-state index is 14.6. The van der Waals surface area contributed by atoms with Crippen molar-refractivity contribution in [2.24, 2.45) is 5.92 Å². The first kappa shape index (κ1) is 19.1. The van der Waals surface area contributed by atoms with E-state index in [4.69, 9.17) is 9.47 Å². The van der Waals surface area contributed by atoms with Crippen LogP contribution in [0.1, 0.15) is 48.5 Å². The van der Waals surface area contributed by atoms with Crippen LogP contribution in [0.25, 0.3) is 0 Å². The Balaban J connectivity index is 1.41. The highest BCUT2D eigenvalue weighted by atomic mass is 19.1. The van der Waals surface area contributed by atoms with E-state index in [1.165, 1.54) is 0 Å². The molecule has 2 atom stereocenters. The Morgan fingerprint density at radius 1 is 1.25 bits per heavy atom. The van der Waals surface area contributed by atoms with Gasteiger partial charge in [-0.2, -0.15) is 0 Å². The number of aryl methyl sites for hydroxylation is 2. The Labute approximate surface area is 165 Å². The number of aromatic nitrogens is 2. The summed E-state index contributed by atoms with van der Waals surface area (Å²) in [5.41, 5.74) is 3.30. The third-order valence-electron chi connectivity index (χ3n) is 5.69. The predicted molar refractivity (Wildman–Crippen MR) is 105 cm³/mol. The SMILES string of the molecule is Cc1cc(OC[C@H]2CCCN(C(C)c3nc4c(cc3F)CCO4)C2)cc(C)n1. The van der Waals surface area contributed by atoms with Crippen LogP contribution in [0.5, 0.6) is 11.6 Å². The molecule has 4 heterocycles. The second-order valence-corrected chi connectivity index (χ2v) is 7.99. The monoisotopic (exact) mass is 385 g/mol. The first-order chi connectivity index (χ1) is 13.5. The number of piperidine rings is 1. The number of hydrogen-bond donors (Lipinski definition) is 0. The van der Waals surface area contributed by atoms with E-state index < -0.39 is 0 Å². The summed E-state index contributed by atoms with van der Waals surface area (Å²) >= 11 is 0. The highest BCUT2D eigenvalue weighted by Crippen LogP contribution is 2.32. The van der Waals surface area contributed by atoms with E-state index >= 15 is 0 Å². The quantitative estimate of drug-likeness (QED) is 0.778. The number of pyridine rings is 2. The van der Waals surface area contributed by atoms with Crippen molar-refractivity contribution in [2.75, 3.05) is 26.3 Å². The molecule has 2 aromatic heterocycles. The summed E-state index contributed by atoms with van der Waals surface area (Å²) in [5, 5.41) is 0. The molecule has 1 unspecified atom stereocenters. The molecule has 28 heavy (non-hydrogen) atoms. The van der Waals surface area contributed by atoms with Gasteiger partial charge >= 0.3 is 0 Å². The zero-order chi connectivity index (χ0) is 19.7. The zero-order valence-electron chi connectivity index (χ0n) is 16.9. The van der Waals surface area contributed by atoms with Crippen LogP contribution in [0.2, 0.25) is 0 Å². The Hall–Kier alpha value is -2.21. The predicted octanol–water partition coefficient (Wildman–Crippen LogP) is 4.02. The number of likely N-dealkylation sites (tertiary alicyclic amines) is 1. The summed E-state index contributed by atoms with van der Waals surface area (Å²) in [6.07, 6.45) is 2.94. The Bertz CT molecular complexity index is 838. The number of ether oxygens (including phenoxy) is 2. The van der Waals surface area contributed by atoms with Crippen molar-refractivity contribution in [2.45, 2.75) is 46.1 Å². The van der Waals surface area contributed by atoms with Crippen molar-refractivity contribution in [1.82, 2.24) is 14.9 Å². The maximum Gasteiger partial charge on any atom is 0.217 e. The molecule has 0 saturated carbocycles. The molecule has 1 fully saturated rings. The molecule has 6 heteroatoms. The molecule has 4 rings (SSSR count). The normalized spacial score (nSPS) is 20.5. The smallest absolute Gasteiger partial charge is 0.217 e. The van der Waals surface area contributed by atoms with Gasteiger partial charge in [0, 0.05) is 48.0 Å². The van der Waals surface area contributed by atoms with Crippen LogP contribution in [0.3, 0.4) is 0 Å². The van der Waals surface area contributed by atoms with Crippen LogP contribution in [0, 0.1) is 25.6 Å². The highest BCUT2D eigenvalue weighted by Gasteiger charge is 2.29. The summed E-state index contributed by atoms with van der Waals surface area (Å²) in [5.74, 6) is 1.67. The van der Waals surface area contributed by atoms with E-state index in [0.29, 0.717) is 30.7 Å². The topological polar surface area (TPSA) is 47.5 Å². The maximum absolute atomic E-state index is 14.6. The molecule has 0 bridgehead atoms. The second-order valence-electron chi connectivity index (χ2n) is 7.99. The van der Waals surface area contributed by atoms with Gasteiger partial charge in [0.05, 0.1) is 24.9 Å². The minimum absolute atomic E-state index is 0.0808. The minimum atomic E-state index is -0.224. The molecule has 2 aromatic rings. The largest absolute Gasteiger partial charge is 0.493 e. The molecular formula is C22H28FN3O2. The van der Waals surface area contributed by atoms with Gasteiger partial charge in [-0.05, 0) is 46.2 Å². The van der Waals surface area contributed by atoms with E-state index in [-0.39, 0.29) is 11.9 Å². The van der Waals surface area contributed by atoms with Crippen molar-refractivity contribution >= 4 is 0 Å². The Morgan fingerprint density at radius 3 is 2.82 bits per heavy atom. The molecule has 0 aromatic carbocycles. The van der Waals surface area contributed by atoms with Crippen molar-refractivity contribution < 1.29 is 13.9 Å². The lowest BCUT2D eigenvalue weighted by atomic mass is 9.96. The molecule has 150 valence electrons. The van der Waals surface area contributed by atoms with Gasteiger partial charge in [0.1, 0.15) is 11.6 Å². The molecule has 1 saturated heterocycles. The van der Waals surface area contributed by atoms with Crippen LogP contribution < -0.4 is 9.47 Å². The van der Waals surface area contributed by atoms with Crippen LogP contribution in [-0.2, 0) is 6.42 Å². The van der Waals surface area contributed by atoms with Crippen molar-refractivity contribution in [3.63, 3.8) is 0 Å². The molecule has 0 amide bonds. The van der Waals surface area contributed by atoms with Gasteiger partial charge in [-0.3, -0.25) is 9.88 Å². The highest BCUT2D eigenvalue weighted by molar-refractivity contribution is 5.33. The van der Waals surface area contributed by atoms with Gasteiger partial charge < -0.3 is 9.47 Å². The van der Waals surface area contributed by atoms with Gasteiger partial charge in [-0.1, -0.05) is 0 Å². The number of halogens is 1. The number of nitrogens with zero attached hydrogens (tertiary/aromatic N) is 3. The lowest BCUT2D eigenvalue weighted by Crippen LogP contribution is -2.39. The van der Waals surface area contributed by atoms with Crippen molar-refractivity contribution in [3.8, 4) is 11.6 Å². The van der Waals surface area contributed by atoms with E-state index in [1.54, 1.807) is 6.07 Å². The first-order valence-corrected chi connectivity index (χ1v) is 10.1. The summed E-state index contributed by atoms with van der Waals surface area (Å²) in [4.78, 5) is 11.2. The summed E-state index contributed by atoms with van der Waals surface area (Å²) in [6, 6.07) is 5.46. The fourth-order valence-electron chi connectivity index (χ4n) is 4.23. The third-order valence-corrected chi connectivity index (χ3v) is 5.69. The molecule has 0 aliphatic carbocycles. The second kappa shape index (κ2) is 8.03. The number of hydrogen-bond acceptors (Lipinski definition) is 5. The van der Waals surface area contributed by atoms with Crippen molar-refractivity contribution in [1.29, 1.82) is 0 Å². The molecule has 0 spiro atoms. The molecular weight excluding hydrogens is 357 g/mol. The fourth-order valence-corrected chi connectivity index (χ4v) is 4.23. The summed E-state index contributed by atoms with van der Waals surface area (Å²) < 4.78 is 26.2. The van der Waals surface area contributed by atoms with Crippen LogP contribution in [0.4, 0.5) is 4.39 Å². The summed E-state index contributed by atoms with van der Waals surface area (Å²) in [6.45, 7) is 9.07. The van der Waals surface area contributed by atoms with Crippen LogP contribution >= 0.6 is 0 Å². The number of fused-ring (bicyclic) bond motifs is 1. The number of rotatable bonds is 5. The standard InChI is InChI=1S/C22H28FN3O2/c1-14-9-19(10-15(2)24-14)28-13-17-5-4-7-26(12-17)16(3)21-20(23)11-18-6-8-27-22(18)25-21/h9-11,16-17H,4-8,12-13H2,1-3H3/t16?,17-/m0/s1. The first-order valence-electron chi connectivity index (χ1n) is 10.1. The summed E-state index contributed by atoms with van der Waals surface area (Å²) in [7, 11) is 0. The lowest BCUT2D eigenvalue weighted by molar-refractivity contribution is 0.0974. The van der Waals surface area contributed by atoms with Gasteiger partial charge in [-0.25, -0.2) is 9.37 Å². The minimum Gasteiger partial charge on any atom is -0.493 e. The van der Waals surface area contributed by atoms with Crippen LogP contribution in [-0.4, -0.2) is 41.2 Å². The lowest BCUT2D eigenvalue weighted by Gasteiger charge is -2.36. The Kier molecular flexibility index (Phi) is 5.49. The average Bonchev–Trinajstić information content (AvgIpc) is 3.12. The van der Waals surface area contributed by atoms with E-state index in [2.05, 4.69) is 14.9 Å². The van der Waals surface area contributed by atoms with Crippen LogP contribution in [0.15, 0.2) is 18.2 Å². The van der Waals surface area contributed by atoms with Gasteiger partial charge in [-0.15, -0.1) is 0 Å². The van der Waals surface area contributed by atoms with Crippen molar-refractivity contribution in [3.05, 3.63) is 46.7 Å². The van der Waals surface area contributed by atoms with E-state index in [9.17, 15) is 4.39 Å². The molecule has 2 aliphatic rings. The van der Waals surface area contributed by atoms with E-state index in [0.717, 1.165) is 55.1 Å². The Morgan fingerprint density at radius 2 is 2.04 bits per heavy atom. The fraction of sp³-hybridized carbons (Fsp3) is 0.545. The molecule has 5 nitrogen and oxygen atoms in total. The third kappa shape index (κ3) is 4.12. The van der Waals surface area contributed by atoms with E-state index in [1.807, 2.05) is 32.9 Å². The molecule has 0 N–H and O–H groups in total. The van der Waals surface area contributed by atoms with Gasteiger partial charge in [0.25, 0.3) is 0 Å². The van der Waals surface area contributed by atoms with Gasteiger partial charge in [0.2, 0.25) is 5.88 Å². The van der Waals surface area contributed by atoms with Gasteiger partial charge in [0.15, 0.2) is 0 Å².